The molecule has 1 aliphatic rings. The molecule has 0 N–H and O–H groups in total. The Labute approximate surface area is 187 Å². The predicted molar refractivity (Wildman–Crippen MR) is 122 cm³/mol. The average molecular weight is 436 g/mol. The van der Waals surface area contributed by atoms with Gasteiger partial charge in [0.15, 0.2) is 6.61 Å². The average Bonchev–Trinajstić information content (AvgIpc) is 3.58. The van der Waals surface area contributed by atoms with Crippen molar-refractivity contribution in [1.82, 2.24) is 14.1 Å². The van der Waals surface area contributed by atoms with Gasteiger partial charge in [0.2, 0.25) is 5.78 Å². The molecular formula is C25H29N3O4. The molecule has 0 amide bonds. The molecule has 0 bridgehead atoms. The maximum Gasteiger partial charge on any atom is 0.306 e. The summed E-state index contributed by atoms with van der Waals surface area (Å²) in [5, 5.41) is 0.594. The molecule has 7 nitrogen and oxygen atoms in total. The summed E-state index contributed by atoms with van der Waals surface area (Å²) in [6.07, 6.45) is 3.24. The number of benzene rings is 1. The lowest BCUT2D eigenvalue weighted by molar-refractivity contribution is -0.142. The van der Waals surface area contributed by atoms with Crippen molar-refractivity contribution in [2.75, 3.05) is 6.61 Å². The minimum absolute atomic E-state index is 0.0564. The second-order valence-corrected chi connectivity index (χ2v) is 8.47. The molecule has 2 heterocycles. The molecule has 0 saturated heterocycles. The number of aryl methyl sites for hydroxylation is 2. The van der Waals surface area contributed by atoms with Gasteiger partial charge < -0.3 is 9.30 Å². The Morgan fingerprint density at radius 2 is 1.94 bits per heavy atom. The molecule has 0 unspecified atom stereocenters. The molecule has 0 spiro atoms. The number of nitrogens with zero attached hydrogens (tertiary/aromatic N) is 3. The highest BCUT2D eigenvalue weighted by Crippen LogP contribution is 2.34. The van der Waals surface area contributed by atoms with Gasteiger partial charge in [0.25, 0.3) is 5.56 Å². The van der Waals surface area contributed by atoms with Crippen LogP contribution in [0.5, 0.6) is 0 Å². The summed E-state index contributed by atoms with van der Waals surface area (Å²) in [7, 11) is 0. The molecule has 7 heteroatoms. The topological polar surface area (TPSA) is 83.2 Å². The highest BCUT2D eigenvalue weighted by atomic mass is 16.5. The molecule has 1 fully saturated rings. The Balaban J connectivity index is 1.41. The lowest BCUT2D eigenvalue weighted by atomic mass is 10.1. The molecule has 0 atom stereocenters. The van der Waals surface area contributed by atoms with E-state index in [4.69, 9.17) is 4.74 Å². The maximum atomic E-state index is 12.9. The Bertz CT molecular complexity index is 1230. The SMILES string of the molecule is CCCn1c(C)cc(C(=O)COC(=O)CCc2nc3ccccc3c(=O)n2C2CC2)c1C. The lowest BCUT2D eigenvalue weighted by Gasteiger charge is -2.12. The number of esters is 1. The Morgan fingerprint density at radius 3 is 2.66 bits per heavy atom. The summed E-state index contributed by atoms with van der Waals surface area (Å²) in [4.78, 5) is 42.5. The van der Waals surface area contributed by atoms with Crippen LogP contribution in [0.3, 0.4) is 0 Å². The standard InChI is InChI=1S/C25H29N3O4/c1-4-13-27-16(2)14-20(17(27)3)22(29)15-32-24(30)12-11-23-26-21-8-6-5-7-19(21)25(31)28(23)18-9-10-18/h5-8,14,18H,4,9-13,15H2,1-3H3. The number of ketones is 1. The molecule has 1 aliphatic carbocycles. The van der Waals surface area contributed by atoms with E-state index in [1.54, 1.807) is 10.6 Å². The van der Waals surface area contributed by atoms with Crippen molar-refractivity contribution in [3.8, 4) is 0 Å². The van der Waals surface area contributed by atoms with Crippen LogP contribution in [0.1, 0.15) is 66.2 Å². The highest BCUT2D eigenvalue weighted by Gasteiger charge is 2.28. The summed E-state index contributed by atoms with van der Waals surface area (Å²) in [6, 6.07) is 9.28. The van der Waals surface area contributed by atoms with Crippen LogP contribution in [0.4, 0.5) is 0 Å². The summed E-state index contributed by atoms with van der Waals surface area (Å²) >= 11 is 0. The van der Waals surface area contributed by atoms with E-state index in [-0.39, 0.29) is 30.4 Å². The number of hydrogen-bond donors (Lipinski definition) is 0. The lowest BCUT2D eigenvalue weighted by Crippen LogP contribution is -2.25. The van der Waals surface area contributed by atoms with Gasteiger partial charge >= 0.3 is 5.97 Å². The van der Waals surface area contributed by atoms with Crippen LogP contribution in [0, 0.1) is 13.8 Å². The number of hydrogen-bond acceptors (Lipinski definition) is 5. The zero-order chi connectivity index (χ0) is 22.8. The Hall–Kier alpha value is -3.22. The highest BCUT2D eigenvalue weighted by molar-refractivity contribution is 5.99. The molecule has 0 aliphatic heterocycles. The molecule has 2 aromatic heterocycles. The summed E-state index contributed by atoms with van der Waals surface area (Å²) in [5.41, 5.74) is 3.11. The van der Waals surface area contributed by atoms with Crippen molar-refractivity contribution >= 4 is 22.7 Å². The number of fused-ring (bicyclic) bond motifs is 1. The number of carbonyl (C=O) groups excluding carboxylic acids is 2. The van der Waals surface area contributed by atoms with Gasteiger partial charge in [0.05, 0.1) is 17.3 Å². The monoisotopic (exact) mass is 435 g/mol. The normalized spacial score (nSPS) is 13.5. The zero-order valence-electron chi connectivity index (χ0n) is 18.9. The fourth-order valence-corrected chi connectivity index (χ4v) is 4.24. The van der Waals surface area contributed by atoms with E-state index in [0.29, 0.717) is 28.7 Å². The summed E-state index contributed by atoms with van der Waals surface area (Å²) in [5.74, 6) is -0.0689. The van der Waals surface area contributed by atoms with E-state index in [2.05, 4.69) is 16.5 Å². The van der Waals surface area contributed by atoms with E-state index < -0.39 is 5.97 Å². The quantitative estimate of drug-likeness (QED) is 0.376. The summed E-state index contributed by atoms with van der Waals surface area (Å²) in [6.45, 7) is 6.55. The number of Topliss-reactive ketones (excluding diaryl/α,β-unsaturated/α-hetero) is 1. The molecular weight excluding hydrogens is 406 g/mol. The molecule has 4 rings (SSSR count). The van der Waals surface area contributed by atoms with E-state index in [1.165, 1.54) is 0 Å². The van der Waals surface area contributed by atoms with Gasteiger partial charge in [-0.1, -0.05) is 19.1 Å². The van der Waals surface area contributed by atoms with Crippen molar-refractivity contribution in [1.29, 1.82) is 0 Å². The predicted octanol–water partition coefficient (Wildman–Crippen LogP) is 3.92. The molecule has 1 saturated carbocycles. The van der Waals surface area contributed by atoms with Crippen molar-refractivity contribution in [2.45, 2.75) is 65.5 Å². The van der Waals surface area contributed by atoms with E-state index in [1.807, 2.05) is 38.1 Å². The fourth-order valence-electron chi connectivity index (χ4n) is 4.24. The Kier molecular flexibility index (Phi) is 6.26. The number of carbonyl (C=O) groups is 2. The van der Waals surface area contributed by atoms with Crippen LogP contribution < -0.4 is 5.56 Å². The van der Waals surface area contributed by atoms with E-state index in [9.17, 15) is 14.4 Å². The van der Waals surface area contributed by atoms with Crippen LogP contribution in [-0.4, -0.2) is 32.5 Å². The van der Waals surface area contributed by atoms with E-state index >= 15 is 0 Å². The third-order valence-electron chi connectivity index (χ3n) is 6.03. The third-order valence-corrected chi connectivity index (χ3v) is 6.03. The van der Waals surface area contributed by atoms with Crippen molar-refractivity contribution in [2.24, 2.45) is 0 Å². The fraction of sp³-hybridized carbons (Fsp3) is 0.440. The molecule has 168 valence electrons. The second kappa shape index (κ2) is 9.10. The molecule has 1 aromatic carbocycles. The molecule has 0 radical (unpaired) electrons. The Morgan fingerprint density at radius 1 is 1.19 bits per heavy atom. The second-order valence-electron chi connectivity index (χ2n) is 8.47. The first-order valence-corrected chi connectivity index (χ1v) is 11.3. The van der Waals surface area contributed by atoms with Crippen molar-refractivity contribution in [3.63, 3.8) is 0 Å². The van der Waals surface area contributed by atoms with Gasteiger partial charge in [-0.25, -0.2) is 4.98 Å². The van der Waals surface area contributed by atoms with Crippen molar-refractivity contribution in [3.05, 3.63) is 63.5 Å². The van der Waals surface area contributed by atoms with Gasteiger partial charge in [0.1, 0.15) is 5.82 Å². The van der Waals surface area contributed by atoms with Crippen LogP contribution in [0.15, 0.2) is 35.1 Å². The summed E-state index contributed by atoms with van der Waals surface area (Å²) < 4.78 is 9.10. The molecule has 32 heavy (non-hydrogen) atoms. The maximum absolute atomic E-state index is 12.9. The van der Waals surface area contributed by atoms with Crippen LogP contribution in [-0.2, 0) is 22.5 Å². The zero-order valence-corrected chi connectivity index (χ0v) is 18.9. The first kappa shape index (κ1) is 22.0. The van der Waals surface area contributed by atoms with Crippen molar-refractivity contribution < 1.29 is 14.3 Å². The smallest absolute Gasteiger partial charge is 0.306 e. The minimum atomic E-state index is -0.467. The molecule has 3 aromatic rings. The minimum Gasteiger partial charge on any atom is -0.457 e. The van der Waals surface area contributed by atoms with Gasteiger partial charge in [-0.2, -0.15) is 0 Å². The van der Waals surface area contributed by atoms with Crippen LogP contribution >= 0.6 is 0 Å². The van der Waals surface area contributed by atoms with Crippen LogP contribution in [0.2, 0.25) is 0 Å². The van der Waals surface area contributed by atoms with Gasteiger partial charge in [-0.15, -0.1) is 0 Å². The number of rotatable bonds is 9. The van der Waals surface area contributed by atoms with Crippen LogP contribution in [0.25, 0.3) is 10.9 Å². The number of para-hydroxylation sites is 1. The third kappa shape index (κ3) is 4.38. The van der Waals surface area contributed by atoms with Gasteiger partial charge in [-0.05, 0) is 51.3 Å². The largest absolute Gasteiger partial charge is 0.457 e. The first-order chi connectivity index (χ1) is 15.4. The number of ether oxygens (including phenoxy) is 1. The van der Waals surface area contributed by atoms with Gasteiger partial charge in [-0.3, -0.25) is 19.0 Å². The number of aromatic nitrogens is 3. The van der Waals surface area contributed by atoms with E-state index in [0.717, 1.165) is 37.2 Å². The first-order valence-electron chi connectivity index (χ1n) is 11.3. The van der Waals surface area contributed by atoms with Gasteiger partial charge in [0, 0.05) is 36.0 Å².